The van der Waals surface area contributed by atoms with Crippen molar-refractivity contribution < 1.29 is 4.74 Å². The van der Waals surface area contributed by atoms with Gasteiger partial charge in [0.1, 0.15) is 5.75 Å². The van der Waals surface area contributed by atoms with E-state index >= 15 is 0 Å². The molecule has 0 amide bonds. The van der Waals surface area contributed by atoms with Crippen LogP contribution in [0.3, 0.4) is 0 Å². The summed E-state index contributed by atoms with van der Waals surface area (Å²) in [5.41, 5.74) is 2.20. The Morgan fingerprint density at radius 3 is 2.53 bits per heavy atom. The number of hydrogen-bond donors (Lipinski definition) is 1. The molecule has 1 N–H and O–H groups in total. The minimum atomic E-state index is 0.217. The van der Waals surface area contributed by atoms with E-state index in [1.54, 1.807) is 19.5 Å². The number of nitrogens with one attached hydrogen (secondary N) is 1. The van der Waals surface area contributed by atoms with Gasteiger partial charge in [-0.2, -0.15) is 0 Å². The number of nitrogens with zero attached hydrogens (tertiary/aromatic N) is 1. The van der Waals surface area contributed by atoms with Crippen molar-refractivity contribution in [2.75, 3.05) is 12.4 Å². The molecule has 3 heteroatoms. The van der Waals surface area contributed by atoms with Crippen LogP contribution in [0.25, 0.3) is 0 Å². The van der Waals surface area contributed by atoms with Crippen molar-refractivity contribution in [2.24, 2.45) is 0 Å². The van der Waals surface area contributed by atoms with E-state index < -0.39 is 0 Å². The van der Waals surface area contributed by atoms with Crippen LogP contribution in [0.4, 0.5) is 5.69 Å². The van der Waals surface area contributed by atoms with Gasteiger partial charge in [-0.3, -0.25) is 4.98 Å². The quantitative estimate of drug-likeness (QED) is 0.872. The lowest BCUT2D eigenvalue weighted by atomic mass is 10.1. The third kappa shape index (κ3) is 2.75. The molecule has 2 aromatic rings. The maximum absolute atomic E-state index is 5.31. The zero-order chi connectivity index (χ0) is 12.1. The molecule has 17 heavy (non-hydrogen) atoms. The average Bonchev–Trinajstić information content (AvgIpc) is 2.40. The molecule has 1 aromatic carbocycles. The highest BCUT2D eigenvalue weighted by Crippen LogP contribution is 2.27. The zero-order valence-electron chi connectivity index (χ0n) is 10.1. The Morgan fingerprint density at radius 1 is 1.12 bits per heavy atom. The highest BCUT2D eigenvalue weighted by atomic mass is 16.5. The Morgan fingerprint density at radius 2 is 1.82 bits per heavy atom. The summed E-state index contributed by atoms with van der Waals surface area (Å²) in [5.74, 6) is 0.855. The van der Waals surface area contributed by atoms with Gasteiger partial charge in [-0.15, -0.1) is 0 Å². The summed E-state index contributed by atoms with van der Waals surface area (Å²) < 4.78 is 5.31. The first-order chi connectivity index (χ1) is 8.31. The van der Waals surface area contributed by atoms with Gasteiger partial charge in [-0.05, 0) is 36.8 Å². The van der Waals surface area contributed by atoms with Gasteiger partial charge < -0.3 is 10.1 Å². The summed E-state index contributed by atoms with van der Waals surface area (Å²) in [6.45, 7) is 2.11. The van der Waals surface area contributed by atoms with E-state index in [1.165, 1.54) is 5.56 Å². The van der Waals surface area contributed by atoms with E-state index in [0.717, 1.165) is 11.4 Å². The molecule has 0 aliphatic rings. The van der Waals surface area contributed by atoms with Crippen LogP contribution in [0.1, 0.15) is 18.5 Å². The van der Waals surface area contributed by atoms with Crippen molar-refractivity contribution in [3.05, 3.63) is 54.4 Å². The van der Waals surface area contributed by atoms with Gasteiger partial charge in [0.05, 0.1) is 12.8 Å². The number of aromatic nitrogens is 1. The van der Waals surface area contributed by atoms with Gasteiger partial charge in [0.25, 0.3) is 0 Å². The summed E-state index contributed by atoms with van der Waals surface area (Å²) >= 11 is 0. The van der Waals surface area contributed by atoms with Crippen LogP contribution in [0.15, 0.2) is 48.8 Å². The first-order valence-corrected chi connectivity index (χ1v) is 5.60. The van der Waals surface area contributed by atoms with E-state index in [2.05, 4.69) is 17.2 Å². The van der Waals surface area contributed by atoms with Crippen molar-refractivity contribution in [3.8, 4) is 5.75 Å². The minimum absolute atomic E-state index is 0.217. The third-order valence-electron chi connectivity index (χ3n) is 2.69. The van der Waals surface area contributed by atoms with Gasteiger partial charge >= 0.3 is 0 Å². The van der Waals surface area contributed by atoms with Crippen molar-refractivity contribution in [1.82, 2.24) is 4.98 Å². The van der Waals surface area contributed by atoms with Crippen LogP contribution in [0, 0.1) is 0 Å². The van der Waals surface area contributed by atoms with Crippen LogP contribution < -0.4 is 10.1 Å². The molecule has 3 nitrogen and oxygen atoms in total. The van der Waals surface area contributed by atoms with Gasteiger partial charge in [-0.25, -0.2) is 0 Å². The van der Waals surface area contributed by atoms with Crippen molar-refractivity contribution >= 4 is 5.69 Å². The average molecular weight is 228 g/mol. The summed E-state index contributed by atoms with van der Waals surface area (Å²) in [5, 5.41) is 3.42. The first kappa shape index (κ1) is 11.5. The molecule has 0 aliphatic carbocycles. The Balaban J connectivity index is 2.16. The first-order valence-electron chi connectivity index (χ1n) is 5.60. The Kier molecular flexibility index (Phi) is 3.60. The lowest BCUT2D eigenvalue weighted by molar-refractivity contribution is 0.416. The number of ether oxygens (including phenoxy) is 1. The van der Waals surface area contributed by atoms with Crippen LogP contribution >= 0.6 is 0 Å². The van der Waals surface area contributed by atoms with E-state index in [0.29, 0.717) is 0 Å². The molecule has 2 rings (SSSR count). The molecular formula is C14H16N2O. The molecule has 1 aromatic heterocycles. The van der Waals surface area contributed by atoms with Gasteiger partial charge in [-0.1, -0.05) is 12.1 Å². The molecule has 0 bridgehead atoms. The Hall–Kier alpha value is -2.03. The number of hydrogen-bond acceptors (Lipinski definition) is 3. The number of pyridine rings is 1. The Labute approximate surface area is 101 Å². The van der Waals surface area contributed by atoms with Crippen molar-refractivity contribution in [2.45, 2.75) is 13.0 Å². The molecule has 0 saturated heterocycles. The van der Waals surface area contributed by atoms with E-state index in [9.17, 15) is 0 Å². The highest BCUT2D eigenvalue weighted by Gasteiger charge is 2.07. The maximum Gasteiger partial charge on any atom is 0.141 e. The third-order valence-corrected chi connectivity index (χ3v) is 2.69. The second kappa shape index (κ2) is 5.34. The summed E-state index contributed by atoms with van der Waals surface area (Å²) in [6, 6.07) is 12.1. The van der Waals surface area contributed by atoms with Crippen LogP contribution in [-0.2, 0) is 0 Å². The molecule has 1 heterocycles. The second-order valence-electron chi connectivity index (χ2n) is 3.85. The smallest absolute Gasteiger partial charge is 0.141 e. The fourth-order valence-corrected chi connectivity index (χ4v) is 1.73. The fourth-order valence-electron chi connectivity index (χ4n) is 1.73. The molecule has 1 unspecified atom stereocenters. The van der Waals surface area contributed by atoms with E-state index in [4.69, 9.17) is 4.74 Å². The summed E-state index contributed by atoms with van der Waals surface area (Å²) in [7, 11) is 1.68. The standard InChI is InChI=1S/C14H16N2O/c1-11(12-7-9-15-10-8-12)16-13-5-3-4-6-14(13)17-2/h3-11,16H,1-2H3. The van der Waals surface area contributed by atoms with Gasteiger partial charge in [0.15, 0.2) is 0 Å². The largest absolute Gasteiger partial charge is 0.495 e. The Bertz CT molecular complexity index is 471. The normalized spacial score (nSPS) is 11.9. The number of methoxy groups -OCH3 is 1. The van der Waals surface area contributed by atoms with Crippen LogP contribution in [-0.4, -0.2) is 12.1 Å². The molecule has 0 radical (unpaired) electrons. The molecule has 88 valence electrons. The fraction of sp³-hybridized carbons (Fsp3) is 0.214. The predicted octanol–water partition coefficient (Wildman–Crippen LogP) is 3.26. The van der Waals surface area contributed by atoms with Crippen molar-refractivity contribution in [1.29, 1.82) is 0 Å². The lowest BCUT2D eigenvalue weighted by Crippen LogP contribution is -2.07. The number of benzene rings is 1. The van der Waals surface area contributed by atoms with Gasteiger partial charge in [0.2, 0.25) is 0 Å². The topological polar surface area (TPSA) is 34.1 Å². The molecule has 0 fully saturated rings. The summed E-state index contributed by atoms with van der Waals surface area (Å²) in [6.07, 6.45) is 3.60. The molecule has 1 atom stereocenters. The maximum atomic E-state index is 5.31. The molecule has 0 aliphatic heterocycles. The monoisotopic (exact) mass is 228 g/mol. The van der Waals surface area contributed by atoms with Crippen LogP contribution in [0.5, 0.6) is 5.75 Å². The zero-order valence-corrected chi connectivity index (χ0v) is 10.1. The van der Waals surface area contributed by atoms with E-state index in [1.807, 2.05) is 36.4 Å². The SMILES string of the molecule is COc1ccccc1NC(C)c1ccncc1. The summed E-state index contributed by atoms with van der Waals surface area (Å²) in [4.78, 5) is 4.02. The highest BCUT2D eigenvalue weighted by molar-refractivity contribution is 5.57. The number of rotatable bonds is 4. The molecule has 0 spiro atoms. The minimum Gasteiger partial charge on any atom is -0.495 e. The number of para-hydroxylation sites is 2. The van der Waals surface area contributed by atoms with Gasteiger partial charge in [0, 0.05) is 18.4 Å². The van der Waals surface area contributed by atoms with E-state index in [-0.39, 0.29) is 6.04 Å². The predicted molar refractivity (Wildman–Crippen MR) is 69.3 cm³/mol. The molecular weight excluding hydrogens is 212 g/mol. The second-order valence-corrected chi connectivity index (χ2v) is 3.85. The molecule has 0 saturated carbocycles. The van der Waals surface area contributed by atoms with Crippen LogP contribution in [0.2, 0.25) is 0 Å². The lowest BCUT2D eigenvalue weighted by Gasteiger charge is -2.17. The van der Waals surface area contributed by atoms with Crippen molar-refractivity contribution in [3.63, 3.8) is 0 Å². The number of anilines is 1.